The van der Waals surface area contributed by atoms with Gasteiger partial charge in [0, 0.05) is 23.3 Å². The topological polar surface area (TPSA) is 166 Å². The minimum atomic E-state index is -2.43. The summed E-state index contributed by atoms with van der Waals surface area (Å²) in [7, 11) is 0. The zero-order valence-electron chi connectivity index (χ0n) is 28.5. The molecule has 3 N–H and O–H groups in total. The van der Waals surface area contributed by atoms with E-state index in [4.69, 9.17) is 10.3 Å². The molecule has 3 amide bonds. The molecule has 0 radical (unpaired) electrons. The summed E-state index contributed by atoms with van der Waals surface area (Å²) in [5.74, 6) is -15.1. The maximum absolute atomic E-state index is 14.9. The van der Waals surface area contributed by atoms with Crippen LogP contribution >= 0.6 is 0 Å². The summed E-state index contributed by atoms with van der Waals surface area (Å²) in [6, 6.07) is 10.5. The summed E-state index contributed by atoms with van der Waals surface area (Å²) >= 11 is 0. The number of hydrogen-bond acceptors (Lipinski definition) is 6. The van der Waals surface area contributed by atoms with Gasteiger partial charge in [-0.15, -0.1) is 0 Å². The number of nitrogens with zero attached hydrogens (tertiary/aromatic N) is 3. The van der Waals surface area contributed by atoms with Gasteiger partial charge in [0.1, 0.15) is 23.7 Å². The minimum absolute atomic E-state index is 0.0560. The SMILES string of the molecule is CC(C)C[C@H](NC(=O)[C@H](Cc1ccccc1)NC(=O)[C@H](Cc1c(F)c(F)c(F)c(F)c1F)NC(=O)[C@H](Cc1ccccc1)N=[N+]=[N-])C(=O)[C@]1(C)CO1. The second-order valence-corrected chi connectivity index (χ2v) is 13.0. The lowest BCUT2D eigenvalue weighted by Crippen LogP contribution is -2.58. The number of benzene rings is 3. The Morgan fingerprint density at radius 1 is 0.731 bits per heavy atom. The molecule has 0 spiro atoms. The Balaban J connectivity index is 1.69. The van der Waals surface area contributed by atoms with Crippen LogP contribution in [0.2, 0.25) is 0 Å². The summed E-state index contributed by atoms with van der Waals surface area (Å²) in [5, 5.41) is 10.8. The third kappa shape index (κ3) is 9.92. The molecule has 11 nitrogen and oxygen atoms in total. The van der Waals surface area contributed by atoms with Crippen LogP contribution in [-0.2, 0) is 43.2 Å². The molecule has 52 heavy (non-hydrogen) atoms. The second-order valence-electron chi connectivity index (χ2n) is 13.0. The molecule has 276 valence electrons. The Morgan fingerprint density at radius 2 is 1.17 bits per heavy atom. The maximum atomic E-state index is 14.9. The molecule has 0 unspecified atom stereocenters. The van der Waals surface area contributed by atoms with Crippen LogP contribution in [0.15, 0.2) is 65.8 Å². The van der Waals surface area contributed by atoms with Crippen LogP contribution < -0.4 is 16.0 Å². The Morgan fingerprint density at radius 3 is 1.65 bits per heavy atom. The van der Waals surface area contributed by atoms with Gasteiger partial charge in [0.15, 0.2) is 29.1 Å². The number of amides is 3. The Kier molecular flexibility index (Phi) is 13.1. The smallest absolute Gasteiger partial charge is 0.243 e. The first-order chi connectivity index (χ1) is 24.6. The van der Waals surface area contributed by atoms with E-state index in [9.17, 15) is 41.1 Å². The van der Waals surface area contributed by atoms with E-state index in [0.29, 0.717) is 11.1 Å². The molecule has 0 saturated carbocycles. The Hall–Kier alpha value is -5.34. The monoisotopic (exact) mass is 728 g/mol. The first kappa shape index (κ1) is 39.4. The van der Waals surface area contributed by atoms with Gasteiger partial charge in [0.05, 0.1) is 12.6 Å². The number of nitrogens with one attached hydrogen (secondary N) is 3. The number of hydrogen-bond donors (Lipinski definition) is 3. The normalized spacial score (nSPS) is 17.2. The summed E-state index contributed by atoms with van der Waals surface area (Å²) in [4.78, 5) is 57.2. The van der Waals surface area contributed by atoms with Crippen molar-refractivity contribution in [3.8, 4) is 0 Å². The van der Waals surface area contributed by atoms with E-state index in [1.807, 2.05) is 13.8 Å². The highest BCUT2D eigenvalue weighted by atomic mass is 19.2. The highest BCUT2D eigenvalue weighted by Gasteiger charge is 2.50. The van der Waals surface area contributed by atoms with Gasteiger partial charge < -0.3 is 20.7 Å². The van der Waals surface area contributed by atoms with E-state index in [1.54, 1.807) is 67.6 Å². The molecule has 1 fully saturated rings. The van der Waals surface area contributed by atoms with Crippen LogP contribution in [0.5, 0.6) is 0 Å². The molecule has 3 aromatic carbocycles. The second kappa shape index (κ2) is 17.2. The van der Waals surface area contributed by atoms with Gasteiger partial charge in [-0.25, -0.2) is 22.0 Å². The molecule has 1 aliphatic rings. The zero-order valence-corrected chi connectivity index (χ0v) is 28.5. The van der Waals surface area contributed by atoms with E-state index >= 15 is 0 Å². The highest BCUT2D eigenvalue weighted by molar-refractivity contribution is 5.98. The van der Waals surface area contributed by atoms with Gasteiger partial charge in [-0.1, -0.05) is 79.6 Å². The van der Waals surface area contributed by atoms with Gasteiger partial charge in [-0.2, -0.15) is 0 Å². The molecule has 0 aromatic heterocycles. The van der Waals surface area contributed by atoms with Crippen LogP contribution in [0.4, 0.5) is 22.0 Å². The number of azide groups is 1. The quantitative estimate of drug-likeness (QED) is 0.0340. The summed E-state index contributed by atoms with van der Waals surface area (Å²) in [6.45, 7) is 5.40. The van der Waals surface area contributed by atoms with Crippen molar-refractivity contribution >= 4 is 23.5 Å². The standard InChI is InChI=1S/C36H37F5N6O5/c1-19(2)14-23(32(48)36(3)18-52-36)43-33(49)24(15-20-10-6-4-7-11-20)44-34(50)25(17-22-27(37)29(39)31(41)30(40)28(22)38)45-35(51)26(46-47-42)16-21-12-8-5-9-13-21/h4-13,19,23-26H,14-18H2,1-3H3,(H,43,49)(H,44,50)(H,45,51)/t23-,24-,25-,26-,36-/m0/s1. The fourth-order valence-electron chi connectivity index (χ4n) is 5.52. The fraction of sp³-hybridized carbons (Fsp3) is 0.389. The van der Waals surface area contributed by atoms with E-state index in [0.717, 1.165) is 0 Å². The molecule has 3 aromatic rings. The van der Waals surface area contributed by atoms with Crippen LogP contribution in [0.1, 0.15) is 43.9 Å². The van der Waals surface area contributed by atoms with Crippen LogP contribution in [0.25, 0.3) is 10.4 Å². The van der Waals surface area contributed by atoms with Crippen molar-refractivity contribution < 1.29 is 45.9 Å². The number of ether oxygens (including phenoxy) is 1. The fourth-order valence-corrected chi connectivity index (χ4v) is 5.52. The van der Waals surface area contributed by atoms with Crippen LogP contribution in [-0.4, -0.2) is 59.9 Å². The predicted molar refractivity (Wildman–Crippen MR) is 178 cm³/mol. The highest BCUT2D eigenvalue weighted by Crippen LogP contribution is 2.30. The number of halogens is 5. The number of Topliss-reactive ketones (excluding diaryl/α,β-unsaturated/α-hetero) is 1. The molecular weight excluding hydrogens is 691 g/mol. The largest absolute Gasteiger partial charge is 0.361 e. The van der Waals surface area contributed by atoms with Crippen molar-refractivity contribution in [2.45, 2.75) is 76.2 Å². The summed E-state index contributed by atoms with van der Waals surface area (Å²) in [6.07, 6.45) is -1.40. The Labute approximate surface area is 295 Å². The molecule has 0 aliphatic carbocycles. The molecule has 16 heteroatoms. The van der Waals surface area contributed by atoms with Crippen molar-refractivity contribution in [2.75, 3.05) is 6.61 Å². The lowest BCUT2D eigenvalue weighted by molar-refractivity contribution is -0.134. The molecule has 4 rings (SSSR count). The third-order valence-corrected chi connectivity index (χ3v) is 8.46. The van der Waals surface area contributed by atoms with Crippen LogP contribution in [0, 0.1) is 35.0 Å². The van der Waals surface area contributed by atoms with E-state index in [1.165, 1.54) is 0 Å². The number of rotatable bonds is 17. The van der Waals surface area contributed by atoms with Crippen LogP contribution in [0.3, 0.4) is 0 Å². The van der Waals surface area contributed by atoms with Gasteiger partial charge in [-0.05, 0) is 42.3 Å². The lowest BCUT2D eigenvalue weighted by atomic mass is 9.93. The molecule has 1 aliphatic heterocycles. The average molecular weight is 729 g/mol. The summed E-state index contributed by atoms with van der Waals surface area (Å²) in [5.41, 5.74) is 7.71. The van der Waals surface area contributed by atoms with Crippen molar-refractivity contribution in [2.24, 2.45) is 11.0 Å². The minimum Gasteiger partial charge on any atom is -0.361 e. The first-order valence-corrected chi connectivity index (χ1v) is 16.4. The predicted octanol–water partition coefficient (Wildman–Crippen LogP) is 4.95. The number of carbonyl (C=O) groups excluding carboxylic acids is 4. The lowest BCUT2D eigenvalue weighted by Gasteiger charge is -2.27. The van der Waals surface area contributed by atoms with Gasteiger partial charge >= 0.3 is 0 Å². The van der Waals surface area contributed by atoms with E-state index in [-0.39, 0.29) is 31.8 Å². The van der Waals surface area contributed by atoms with Crippen molar-refractivity contribution in [1.82, 2.24) is 16.0 Å². The van der Waals surface area contributed by atoms with Crippen molar-refractivity contribution in [3.63, 3.8) is 0 Å². The van der Waals surface area contributed by atoms with Gasteiger partial charge in [-0.3, -0.25) is 19.2 Å². The van der Waals surface area contributed by atoms with E-state index in [2.05, 4.69) is 26.0 Å². The average Bonchev–Trinajstić information content (AvgIpc) is 3.88. The van der Waals surface area contributed by atoms with Crippen molar-refractivity contribution in [1.29, 1.82) is 0 Å². The number of carbonyl (C=O) groups is 4. The Bertz CT molecular complexity index is 1810. The molecular formula is C36H37F5N6O5. The molecule has 1 heterocycles. The third-order valence-electron chi connectivity index (χ3n) is 8.46. The van der Waals surface area contributed by atoms with Gasteiger partial charge in [0.25, 0.3) is 0 Å². The molecule has 5 atom stereocenters. The van der Waals surface area contributed by atoms with E-state index < -0.39 is 94.3 Å². The maximum Gasteiger partial charge on any atom is 0.243 e. The summed E-state index contributed by atoms with van der Waals surface area (Å²) < 4.78 is 77.4. The first-order valence-electron chi connectivity index (χ1n) is 16.4. The number of ketones is 1. The van der Waals surface area contributed by atoms with Gasteiger partial charge in [0.2, 0.25) is 23.5 Å². The molecule has 1 saturated heterocycles. The zero-order chi connectivity index (χ0) is 38.2. The molecule has 0 bridgehead atoms. The number of epoxide rings is 1. The van der Waals surface area contributed by atoms with Crippen molar-refractivity contribution in [3.05, 3.63) is 117 Å².